The predicted octanol–water partition coefficient (Wildman–Crippen LogP) is 1.78. The highest BCUT2D eigenvalue weighted by Gasteiger charge is 2.39. The molecule has 0 radical (unpaired) electrons. The summed E-state index contributed by atoms with van der Waals surface area (Å²) in [5.74, 6) is -1.18. The normalized spacial score (nSPS) is 27.3. The summed E-state index contributed by atoms with van der Waals surface area (Å²) < 4.78 is 0. The lowest BCUT2D eigenvalue weighted by Crippen LogP contribution is -2.53. The number of carbonyl (C=O) groups is 2. The lowest BCUT2D eigenvalue weighted by atomic mass is 9.98. The molecule has 0 aromatic rings. The summed E-state index contributed by atoms with van der Waals surface area (Å²) in [5.41, 5.74) is -0.0900. The third kappa shape index (κ3) is 2.44. The molecular weight excluding hydrogens is 232 g/mol. The van der Waals surface area contributed by atoms with Crippen LogP contribution in [-0.2, 0) is 4.79 Å². The lowest BCUT2D eigenvalue weighted by molar-refractivity contribution is -0.143. The van der Waals surface area contributed by atoms with E-state index in [2.05, 4.69) is 13.8 Å². The van der Waals surface area contributed by atoms with Crippen molar-refractivity contribution in [1.29, 1.82) is 0 Å². The Morgan fingerprint density at radius 2 is 1.94 bits per heavy atom. The number of carboxylic acids is 1. The van der Waals surface area contributed by atoms with Crippen molar-refractivity contribution in [2.45, 2.75) is 45.1 Å². The van der Waals surface area contributed by atoms with Gasteiger partial charge in [0.1, 0.15) is 0 Å². The monoisotopic (exact) mass is 254 g/mol. The first-order valence-corrected chi connectivity index (χ1v) is 6.71. The van der Waals surface area contributed by atoms with Gasteiger partial charge in [0.15, 0.2) is 0 Å². The van der Waals surface area contributed by atoms with Gasteiger partial charge in [0.2, 0.25) is 0 Å². The Morgan fingerprint density at radius 1 is 1.22 bits per heavy atom. The number of amides is 2. The molecule has 5 heteroatoms. The van der Waals surface area contributed by atoms with Crippen LogP contribution in [0.2, 0.25) is 0 Å². The van der Waals surface area contributed by atoms with Gasteiger partial charge in [-0.1, -0.05) is 0 Å². The Labute approximate surface area is 108 Å². The molecule has 18 heavy (non-hydrogen) atoms. The number of rotatable bonds is 1. The molecule has 1 atom stereocenters. The van der Waals surface area contributed by atoms with Crippen LogP contribution in [0.3, 0.4) is 0 Å². The molecule has 0 aliphatic carbocycles. The van der Waals surface area contributed by atoms with Crippen LogP contribution in [-0.4, -0.2) is 52.1 Å². The number of carboxylic acid groups (broad SMARTS) is 1. The number of nitrogens with zero attached hydrogens (tertiary/aromatic N) is 2. The number of piperidine rings is 1. The summed E-state index contributed by atoms with van der Waals surface area (Å²) >= 11 is 0. The minimum absolute atomic E-state index is 0.0171. The van der Waals surface area contributed by atoms with Gasteiger partial charge in [0.05, 0.1) is 5.92 Å². The van der Waals surface area contributed by atoms with Crippen molar-refractivity contribution < 1.29 is 14.7 Å². The highest BCUT2D eigenvalue weighted by molar-refractivity contribution is 5.77. The van der Waals surface area contributed by atoms with E-state index in [1.807, 2.05) is 4.90 Å². The van der Waals surface area contributed by atoms with Crippen LogP contribution in [0.5, 0.6) is 0 Å². The average Bonchev–Trinajstić information content (AvgIpc) is 2.68. The molecule has 0 aromatic carbocycles. The van der Waals surface area contributed by atoms with E-state index in [1.165, 1.54) is 0 Å². The van der Waals surface area contributed by atoms with E-state index in [-0.39, 0.29) is 11.6 Å². The number of hydrogen-bond acceptors (Lipinski definition) is 2. The summed E-state index contributed by atoms with van der Waals surface area (Å²) in [5, 5.41) is 9.05. The zero-order valence-corrected chi connectivity index (χ0v) is 11.2. The van der Waals surface area contributed by atoms with Gasteiger partial charge in [-0.2, -0.15) is 0 Å². The first-order chi connectivity index (χ1) is 8.42. The molecule has 2 heterocycles. The molecular formula is C13H22N2O3. The van der Waals surface area contributed by atoms with Gasteiger partial charge in [-0.05, 0) is 39.5 Å². The highest BCUT2D eigenvalue weighted by atomic mass is 16.4. The summed E-state index contributed by atoms with van der Waals surface area (Å²) in [4.78, 5) is 27.1. The van der Waals surface area contributed by atoms with Gasteiger partial charge in [0.25, 0.3) is 0 Å². The Kier molecular flexibility index (Phi) is 3.50. The molecule has 1 N–H and O–H groups in total. The maximum absolute atomic E-state index is 12.4. The zero-order chi connectivity index (χ0) is 13.3. The van der Waals surface area contributed by atoms with Gasteiger partial charge in [-0.3, -0.25) is 4.79 Å². The molecule has 0 unspecified atom stereocenters. The Morgan fingerprint density at radius 3 is 2.50 bits per heavy atom. The number of aliphatic carboxylic acids is 1. The van der Waals surface area contributed by atoms with Crippen LogP contribution in [0.4, 0.5) is 4.79 Å². The second kappa shape index (κ2) is 4.78. The minimum atomic E-state index is -0.784. The zero-order valence-electron chi connectivity index (χ0n) is 11.2. The maximum atomic E-state index is 12.4. The van der Waals surface area contributed by atoms with E-state index in [9.17, 15) is 9.59 Å². The number of urea groups is 1. The van der Waals surface area contributed by atoms with Crippen molar-refractivity contribution in [1.82, 2.24) is 9.80 Å². The summed E-state index contributed by atoms with van der Waals surface area (Å²) in [6.07, 6.45) is 3.53. The van der Waals surface area contributed by atoms with Crippen LogP contribution in [0, 0.1) is 5.92 Å². The van der Waals surface area contributed by atoms with Crippen LogP contribution in [0.1, 0.15) is 39.5 Å². The van der Waals surface area contributed by atoms with Crippen LogP contribution in [0.15, 0.2) is 0 Å². The second-order valence-electron chi connectivity index (χ2n) is 5.97. The van der Waals surface area contributed by atoms with Crippen molar-refractivity contribution in [2.24, 2.45) is 5.92 Å². The van der Waals surface area contributed by atoms with Crippen molar-refractivity contribution in [3.63, 3.8) is 0 Å². The van der Waals surface area contributed by atoms with Crippen LogP contribution >= 0.6 is 0 Å². The first-order valence-electron chi connectivity index (χ1n) is 6.71. The molecule has 0 aromatic heterocycles. The molecule has 0 spiro atoms. The third-order valence-corrected chi connectivity index (χ3v) is 4.17. The van der Waals surface area contributed by atoms with E-state index < -0.39 is 11.9 Å². The Hall–Kier alpha value is -1.26. The van der Waals surface area contributed by atoms with Crippen molar-refractivity contribution >= 4 is 12.0 Å². The SMILES string of the molecule is CC1(C)CCCN1C(=O)N1CCC[C@@H](C(=O)O)C1. The number of hydrogen-bond donors (Lipinski definition) is 1. The number of carbonyl (C=O) groups excluding carboxylic acids is 1. The molecule has 0 saturated carbocycles. The molecule has 2 amide bonds. The van der Waals surface area contributed by atoms with Crippen molar-refractivity contribution in [3.8, 4) is 0 Å². The topological polar surface area (TPSA) is 60.9 Å². The lowest BCUT2D eigenvalue weighted by Gasteiger charge is -2.39. The maximum Gasteiger partial charge on any atom is 0.320 e. The molecule has 2 fully saturated rings. The van der Waals surface area contributed by atoms with E-state index in [4.69, 9.17) is 5.11 Å². The second-order valence-corrected chi connectivity index (χ2v) is 5.97. The largest absolute Gasteiger partial charge is 0.481 e. The number of likely N-dealkylation sites (tertiary alicyclic amines) is 2. The van der Waals surface area contributed by atoms with Crippen molar-refractivity contribution in [2.75, 3.05) is 19.6 Å². The first kappa shape index (κ1) is 13.2. The molecule has 5 nitrogen and oxygen atoms in total. The molecule has 2 saturated heterocycles. The van der Waals surface area contributed by atoms with Gasteiger partial charge in [-0.25, -0.2) is 4.79 Å². The van der Waals surface area contributed by atoms with Crippen LogP contribution in [0.25, 0.3) is 0 Å². The van der Waals surface area contributed by atoms with Crippen LogP contribution < -0.4 is 0 Å². The predicted molar refractivity (Wildman–Crippen MR) is 67.3 cm³/mol. The summed E-state index contributed by atoms with van der Waals surface area (Å²) in [6, 6.07) is 0.0171. The Bertz CT molecular complexity index is 354. The van der Waals surface area contributed by atoms with E-state index in [1.54, 1.807) is 4.90 Å². The fourth-order valence-corrected chi connectivity index (χ4v) is 2.99. The molecule has 102 valence electrons. The smallest absolute Gasteiger partial charge is 0.320 e. The fraction of sp³-hybridized carbons (Fsp3) is 0.846. The molecule has 2 aliphatic rings. The molecule has 2 aliphatic heterocycles. The van der Waals surface area contributed by atoms with Gasteiger partial charge >= 0.3 is 12.0 Å². The summed E-state index contributed by atoms with van der Waals surface area (Å²) in [6.45, 7) is 6.00. The van der Waals surface area contributed by atoms with Gasteiger partial charge in [-0.15, -0.1) is 0 Å². The minimum Gasteiger partial charge on any atom is -0.481 e. The standard InChI is InChI=1S/C13H22N2O3/c1-13(2)6-4-8-15(13)12(18)14-7-3-5-10(9-14)11(16)17/h10H,3-9H2,1-2H3,(H,16,17)/t10-/m1/s1. The van der Waals surface area contributed by atoms with E-state index in [0.717, 1.165) is 25.8 Å². The van der Waals surface area contributed by atoms with Gasteiger partial charge in [0, 0.05) is 25.2 Å². The molecule has 0 bridgehead atoms. The summed E-state index contributed by atoms with van der Waals surface area (Å²) in [7, 11) is 0. The molecule has 2 rings (SSSR count). The van der Waals surface area contributed by atoms with Gasteiger partial charge < -0.3 is 14.9 Å². The van der Waals surface area contributed by atoms with E-state index in [0.29, 0.717) is 19.5 Å². The van der Waals surface area contributed by atoms with Crippen molar-refractivity contribution in [3.05, 3.63) is 0 Å². The quantitative estimate of drug-likeness (QED) is 0.776. The third-order valence-electron chi connectivity index (χ3n) is 4.17. The average molecular weight is 254 g/mol. The Balaban J connectivity index is 2.03. The highest BCUT2D eigenvalue weighted by Crippen LogP contribution is 2.30. The fourth-order valence-electron chi connectivity index (χ4n) is 2.99. The van der Waals surface area contributed by atoms with E-state index >= 15 is 0 Å².